The van der Waals surface area contributed by atoms with Gasteiger partial charge in [0.15, 0.2) is 0 Å². The number of unbranched alkanes of at least 4 members (excludes halogenated alkanes) is 3. The number of benzene rings is 1. The van der Waals surface area contributed by atoms with Gasteiger partial charge in [0.05, 0.1) is 0 Å². The molecule has 0 aliphatic rings. The summed E-state index contributed by atoms with van der Waals surface area (Å²) in [6.07, 6.45) is 3.27. The summed E-state index contributed by atoms with van der Waals surface area (Å²) in [6.45, 7) is 2.13. The van der Waals surface area contributed by atoms with Gasteiger partial charge in [-0.05, 0) is 24.1 Å². The molecule has 0 aliphatic carbocycles. The van der Waals surface area contributed by atoms with Crippen molar-refractivity contribution in [2.24, 2.45) is 0 Å². The van der Waals surface area contributed by atoms with Gasteiger partial charge >= 0.3 is 6.08 Å². The highest BCUT2D eigenvalue weighted by Crippen LogP contribution is 2.21. The predicted octanol–water partition coefficient (Wildman–Crippen LogP) is 5.42. The van der Waals surface area contributed by atoms with Crippen molar-refractivity contribution < 1.29 is 8.78 Å². The zero-order valence-electron chi connectivity index (χ0n) is 10.2. The lowest BCUT2D eigenvalue weighted by Gasteiger charge is -2.04. The second kappa shape index (κ2) is 7.81. The Balaban J connectivity index is 2.74. The summed E-state index contributed by atoms with van der Waals surface area (Å²) in [7, 11) is 0. The van der Waals surface area contributed by atoms with E-state index in [1.54, 1.807) is 0 Å². The highest BCUT2D eigenvalue weighted by molar-refractivity contribution is 5.64. The topological polar surface area (TPSA) is 0 Å². The molecular weight excluding hydrogens is 218 g/mol. The third-order valence-corrected chi connectivity index (χ3v) is 2.65. The summed E-state index contributed by atoms with van der Waals surface area (Å²) >= 11 is 0. The van der Waals surface area contributed by atoms with Crippen molar-refractivity contribution in [1.29, 1.82) is 0 Å². The molecule has 17 heavy (non-hydrogen) atoms. The van der Waals surface area contributed by atoms with Crippen LogP contribution >= 0.6 is 0 Å². The molecule has 0 aromatic heterocycles. The Bertz CT molecular complexity index is 383. The summed E-state index contributed by atoms with van der Waals surface area (Å²) < 4.78 is 24.7. The van der Waals surface area contributed by atoms with Crippen LogP contribution in [-0.2, 0) is 0 Å². The molecule has 1 aromatic carbocycles. The highest BCUT2D eigenvalue weighted by atomic mass is 19.3. The van der Waals surface area contributed by atoms with Gasteiger partial charge < -0.3 is 0 Å². The maximum Gasteiger partial charge on any atom is 0.313 e. The predicted molar refractivity (Wildman–Crippen MR) is 67.9 cm³/mol. The van der Waals surface area contributed by atoms with Crippen LogP contribution in [0.2, 0.25) is 0 Å². The molecule has 2 heteroatoms. The molecule has 92 valence electrons. The van der Waals surface area contributed by atoms with E-state index in [-0.39, 0.29) is 0 Å². The SMILES string of the molecule is CCCCCCC(=C=C(F)F)c1ccccc1. The van der Waals surface area contributed by atoms with Crippen molar-refractivity contribution in [2.75, 3.05) is 0 Å². The van der Waals surface area contributed by atoms with Gasteiger partial charge in [-0.25, -0.2) is 0 Å². The van der Waals surface area contributed by atoms with Crippen LogP contribution in [0.5, 0.6) is 0 Å². The molecule has 0 heterocycles. The molecule has 0 spiro atoms. The Morgan fingerprint density at radius 2 is 1.76 bits per heavy atom. The van der Waals surface area contributed by atoms with Crippen LogP contribution in [0, 0.1) is 0 Å². The molecule has 0 saturated carbocycles. The van der Waals surface area contributed by atoms with E-state index < -0.39 is 6.08 Å². The number of hydrogen-bond acceptors (Lipinski definition) is 0. The third-order valence-electron chi connectivity index (χ3n) is 2.65. The molecule has 0 aliphatic heterocycles. The zero-order valence-corrected chi connectivity index (χ0v) is 10.2. The summed E-state index contributed by atoms with van der Waals surface area (Å²) in [6, 6.07) is 9.31. The standard InChI is InChI=1S/C15H18F2/c1-2-3-4-6-11-14(12-15(16)17)13-9-7-5-8-10-13/h5,7-10H,2-4,6,11H2,1H3. The lowest BCUT2D eigenvalue weighted by molar-refractivity contribution is 0.424. The first kappa shape index (κ1) is 13.7. The van der Waals surface area contributed by atoms with Crippen molar-refractivity contribution in [1.82, 2.24) is 0 Å². The number of halogens is 2. The molecule has 0 N–H and O–H groups in total. The molecule has 0 nitrogen and oxygen atoms in total. The van der Waals surface area contributed by atoms with Gasteiger partial charge in [-0.1, -0.05) is 56.5 Å². The molecule has 1 rings (SSSR count). The average Bonchev–Trinajstić information content (AvgIpc) is 2.34. The van der Waals surface area contributed by atoms with Crippen LogP contribution in [0.4, 0.5) is 8.78 Å². The van der Waals surface area contributed by atoms with Crippen LogP contribution in [-0.4, -0.2) is 0 Å². The van der Waals surface area contributed by atoms with Gasteiger partial charge in [0, 0.05) is 5.57 Å². The first-order valence-electron chi connectivity index (χ1n) is 6.10. The van der Waals surface area contributed by atoms with Crippen molar-refractivity contribution >= 4 is 5.57 Å². The van der Waals surface area contributed by atoms with Crippen LogP contribution < -0.4 is 0 Å². The van der Waals surface area contributed by atoms with E-state index in [2.05, 4.69) is 12.7 Å². The average molecular weight is 236 g/mol. The highest BCUT2D eigenvalue weighted by Gasteiger charge is 2.01. The van der Waals surface area contributed by atoms with Gasteiger partial charge in [-0.3, -0.25) is 0 Å². The van der Waals surface area contributed by atoms with Crippen molar-refractivity contribution in [3.8, 4) is 0 Å². The molecule has 0 atom stereocenters. The van der Waals surface area contributed by atoms with E-state index in [1.165, 1.54) is 0 Å². The van der Waals surface area contributed by atoms with E-state index in [0.29, 0.717) is 12.0 Å². The Kier molecular flexibility index (Phi) is 6.27. The normalized spacial score (nSPS) is 9.82. The summed E-state index contributed by atoms with van der Waals surface area (Å²) in [5, 5.41) is 0. The largest absolute Gasteiger partial charge is 0.313 e. The minimum Gasteiger partial charge on any atom is -0.164 e. The van der Waals surface area contributed by atoms with Gasteiger partial charge in [-0.2, -0.15) is 8.78 Å². The zero-order chi connectivity index (χ0) is 12.5. The Morgan fingerprint density at radius 3 is 2.35 bits per heavy atom. The minimum atomic E-state index is -1.74. The van der Waals surface area contributed by atoms with E-state index in [4.69, 9.17) is 0 Å². The van der Waals surface area contributed by atoms with Gasteiger partial charge in [-0.15, -0.1) is 0 Å². The smallest absolute Gasteiger partial charge is 0.164 e. The van der Waals surface area contributed by atoms with E-state index in [9.17, 15) is 8.78 Å². The second-order valence-electron chi connectivity index (χ2n) is 4.04. The van der Waals surface area contributed by atoms with E-state index >= 15 is 0 Å². The van der Waals surface area contributed by atoms with Crippen LogP contribution in [0.15, 0.2) is 42.1 Å². The van der Waals surface area contributed by atoms with Crippen molar-refractivity contribution in [3.05, 3.63) is 47.7 Å². The van der Waals surface area contributed by atoms with Crippen molar-refractivity contribution in [2.45, 2.75) is 39.0 Å². The first-order valence-corrected chi connectivity index (χ1v) is 6.10. The molecule has 0 unspecified atom stereocenters. The van der Waals surface area contributed by atoms with Gasteiger partial charge in [0.25, 0.3) is 0 Å². The summed E-state index contributed by atoms with van der Waals surface area (Å²) in [5.41, 5.74) is 3.63. The fourth-order valence-electron chi connectivity index (χ4n) is 1.76. The summed E-state index contributed by atoms with van der Waals surface area (Å²) in [4.78, 5) is 0. The molecule has 0 radical (unpaired) electrons. The number of rotatable bonds is 6. The van der Waals surface area contributed by atoms with E-state index in [1.807, 2.05) is 30.3 Å². The molecule has 0 fully saturated rings. The monoisotopic (exact) mass is 236 g/mol. The fraction of sp³-hybridized carbons (Fsp3) is 0.400. The lowest BCUT2D eigenvalue weighted by Crippen LogP contribution is -1.84. The molecule has 0 saturated heterocycles. The Morgan fingerprint density at radius 1 is 1.06 bits per heavy atom. The quantitative estimate of drug-likeness (QED) is 0.457. The van der Waals surface area contributed by atoms with Crippen molar-refractivity contribution in [3.63, 3.8) is 0 Å². The van der Waals surface area contributed by atoms with E-state index in [0.717, 1.165) is 31.2 Å². The van der Waals surface area contributed by atoms with Crippen LogP contribution in [0.3, 0.4) is 0 Å². The Labute approximate surface area is 102 Å². The van der Waals surface area contributed by atoms with Crippen LogP contribution in [0.1, 0.15) is 44.6 Å². The molecule has 1 aromatic rings. The van der Waals surface area contributed by atoms with Gasteiger partial charge in [0.2, 0.25) is 0 Å². The second-order valence-corrected chi connectivity index (χ2v) is 4.04. The molecule has 0 bridgehead atoms. The fourth-order valence-corrected chi connectivity index (χ4v) is 1.76. The summed E-state index contributed by atoms with van der Waals surface area (Å²) in [5.74, 6) is 0. The van der Waals surface area contributed by atoms with Gasteiger partial charge in [0.1, 0.15) is 0 Å². The maximum atomic E-state index is 12.3. The Hall–Kier alpha value is -1.40. The molecular formula is C15H18F2. The number of allylic oxidation sites excluding steroid dienone is 1. The third kappa shape index (κ3) is 5.46. The number of hydrogen-bond donors (Lipinski definition) is 0. The van der Waals surface area contributed by atoms with Crippen LogP contribution in [0.25, 0.3) is 5.57 Å². The first-order chi connectivity index (χ1) is 8.24. The maximum absolute atomic E-state index is 12.3. The molecule has 0 amide bonds. The minimum absolute atomic E-state index is 0.613. The lowest BCUT2D eigenvalue weighted by atomic mass is 10.0.